The topological polar surface area (TPSA) is 124 Å². The van der Waals surface area contributed by atoms with Crippen LogP contribution < -0.4 is 11.2 Å². The van der Waals surface area contributed by atoms with E-state index in [1.165, 1.54) is 0 Å². The minimum atomic E-state index is -0.391. The largest absolute Gasteiger partial charge is 0.436 e. The van der Waals surface area contributed by atoms with Crippen molar-refractivity contribution in [3.63, 3.8) is 0 Å². The molecular weight excluding hydrogens is 316 g/mol. The first-order valence-corrected chi connectivity index (χ1v) is 7.54. The van der Waals surface area contributed by atoms with E-state index in [0.717, 1.165) is 27.8 Å². The third kappa shape index (κ3) is 3.33. The fraction of sp³-hybridized carbons (Fsp3) is 0.111. The molecule has 3 rings (SSSR count). The van der Waals surface area contributed by atoms with Gasteiger partial charge in [-0.2, -0.15) is 10.4 Å². The highest BCUT2D eigenvalue weighted by atomic mass is 16.3. The van der Waals surface area contributed by atoms with Gasteiger partial charge in [0.1, 0.15) is 11.6 Å². The summed E-state index contributed by atoms with van der Waals surface area (Å²) < 4.78 is 5.83. The maximum absolute atomic E-state index is 8.91. The highest BCUT2D eigenvalue weighted by Gasteiger charge is 2.10. The van der Waals surface area contributed by atoms with Gasteiger partial charge in [-0.05, 0) is 49.2 Å². The Morgan fingerprint density at radius 1 is 1.28 bits per heavy atom. The lowest BCUT2D eigenvalue weighted by Gasteiger charge is -2.07. The number of nitrogens with zero attached hydrogens (tertiary/aromatic N) is 3. The number of hydrogen-bond acceptors (Lipinski definition) is 6. The molecule has 0 aliphatic carbocycles. The summed E-state index contributed by atoms with van der Waals surface area (Å²) >= 11 is 0. The number of hydrazone groups is 1. The Labute approximate surface area is 144 Å². The van der Waals surface area contributed by atoms with Crippen molar-refractivity contribution >= 4 is 28.3 Å². The first-order chi connectivity index (χ1) is 12.0. The molecular formula is C18H16N6O. The molecule has 1 heterocycles. The van der Waals surface area contributed by atoms with Crippen LogP contribution >= 0.6 is 0 Å². The summed E-state index contributed by atoms with van der Waals surface area (Å²) in [6.07, 6.45) is 0. The molecule has 0 unspecified atom stereocenters. The summed E-state index contributed by atoms with van der Waals surface area (Å²) in [6, 6.07) is 13.2. The Balaban J connectivity index is 1.98. The zero-order chi connectivity index (χ0) is 18.0. The van der Waals surface area contributed by atoms with E-state index in [4.69, 9.17) is 20.8 Å². The highest BCUT2D eigenvalue weighted by Crippen LogP contribution is 2.28. The number of oxazole rings is 1. The fourth-order valence-electron chi connectivity index (χ4n) is 2.29. The van der Waals surface area contributed by atoms with E-state index >= 15 is 0 Å². The normalized spacial score (nSPS) is 11.3. The molecule has 3 aromatic rings. The van der Waals surface area contributed by atoms with E-state index < -0.39 is 5.84 Å². The molecule has 0 aliphatic heterocycles. The Hall–Kier alpha value is -3.66. The van der Waals surface area contributed by atoms with Gasteiger partial charge in [0.15, 0.2) is 11.4 Å². The summed E-state index contributed by atoms with van der Waals surface area (Å²) in [4.78, 5) is 4.50. The number of nitrogens with two attached hydrogens (primary N) is 1. The molecule has 0 aliphatic rings. The second-order valence-corrected chi connectivity index (χ2v) is 5.62. The van der Waals surface area contributed by atoms with Crippen LogP contribution in [0.3, 0.4) is 0 Å². The van der Waals surface area contributed by atoms with E-state index in [2.05, 4.69) is 15.5 Å². The molecule has 0 saturated heterocycles. The van der Waals surface area contributed by atoms with E-state index in [-0.39, 0.29) is 5.71 Å². The van der Waals surface area contributed by atoms with Gasteiger partial charge in [-0.3, -0.25) is 10.8 Å². The highest BCUT2D eigenvalue weighted by molar-refractivity contribution is 6.45. The number of anilines is 1. The quantitative estimate of drug-likeness (QED) is 0.384. The standard InChI is InChI=1S/C18H16N6O/c1-10-3-6-13-16(7-10)25-18(22-13)12-5-4-11(2)14(8-12)23-24-15(9-19)17(20)21/h3-8,23H,1-2H3,(H3,20,21)/b24-15+. The van der Waals surface area contributed by atoms with E-state index in [1.807, 2.05) is 50.2 Å². The second-order valence-electron chi connectivity index (χ2n) is 5.62. The molecule has 124 valence electrons. The Kier molecular flexibility index (Phi) is 4.18. The molecule has 0 radical (unpaired) electrons. The van der Waals surface area contributed by atoms with Crippen molar-refractivity contribution in [3.8, 4) is 17.5 Å². The monoisotopic (exact) mass is 332 g/mol. The molecule has 7 heteroatoms. The molecule has 0 bridgehead atoms. The number of nitriles is 1. The average Bonchev–Trinajstić information content (AvgIpc) is 2.99. The third-order valence-corrected chi connectivity index (χ3v) is 3.68. The molecule has 1 aromatic heterocycles. The van der Waals surface area contributed by atoms with Crippen LogP contribution in [0.5, 0.6) is 0 Å². The minimum absolute atomic E-state index is 0.179. The summed E-state index contributed by atoms with van der Waals surface area (Å²) in [6.45, 7) is 3.90. The summed E-state index contributed by atoms with van der Waals surface area (Å²) in [5, 5.41) is 20.1. The number of aryl methyl sites for hydroxylation is 2. The van der Waals surface area contributed by atoms with Crippen LogP contribution in [-0.2, 0) is 0 Å². The van der Waals surface area contributed by atoms with Crippen molar-refractivity contribution in [3.05, 3.63) is 47.5 Å². The number of fused-ring (bicyclic) bond motifs is 1. The van der Waals surface area contributed by atoms with Crippen LogP contribution in [0.1, 0.15) is 11.1 Å². The van der Waals surface area contributed by atoms with Gasteiger partial charge in [0.2, 0.25) is 11.6 Å². The van der Waals surface area contributed by atoms with Gasteiger partial charge in [-0.25, -0.2) is 4.98 Å². The SMILES string of the molecule is Cc1ccc2nc(-c3ccc(C)c(N/N=C(\C#N)C(=N)N)c3)oc2c1. The number of hydrogen-bond donors (Lipinski definition) is 3. The molecule has 0 amide bonds. The molecule has 0 spiro atoms. The van der Waals surface area contributed by atoms with Crippen molar-refractivity contribution in [1.29, 1.82) is 10.7 Å². The molecule has 0 saturated carbocycles. The van der Waals surface area contributed by atoms with Crippen molar-refractivity contribution in [2.24, 2.45) is 10.8 Å². The number of aromatic nitrogens is 1. The van der Waals surface area contributed by atoms with Gasteiger partial charge in [-0.1, -0.05) is 12.1 Å². The molecule has 7 nitrogen and oxygen atoms in total. The first kappa shape index (κ1) is 16.2. The second kappa shape index (κ2) is 6.45. The molecule has 0 atom stereocenters. The van der Waals surface area contributed by atoms with Gasteiger partial charge in [0, 0.05) is 5.56 Å². The summed E-state index contributed by atoms with van der Waals surface area (Å²) in [5.74, 6) is 0.109. The van der Waals surface area contributed by atoms with Crippen molar-refractivity contribution in [2.75, 3.05) is 5.43 Å². The van der Waals surface area contributed by atoms with Gasteiger partial charge in [-0.15, -0.1) is 0 Å². The van der Waals surface area contributed by atoms with Gasteiger partial charge in [0.25, 0.3) is 0 Å². The average molecular weight is 332 g/mol. The van der Waals surface area contributed by atoms with Crippen LogP contribution in [0, 0.1) is 30.6 Å². The zero-order valence-corrected chi connectivity index (χ0v) is 13.8. The van der Waals surface area contributed by atoms with E-state index in [1.54, 1.807) is 6.07 Å². The lowest BCUT2D eigenvalue weighted by molar-refractivity contribution is 0.619. The van der Waals surface area contributed by atoms with Crippen LogP contribution in [0.15, 0.2) is 45.9 Å². The van der Waals surface area contributed by atoms with Crippen molar-refractivity contribution in [2.45, 2.75) is 13.8 Å². The van der Waals surface area contributed by atoms with Crippen molar-refractivity contribution in [1.82, 2.24) is 4.98 Å². The fourth-order valence-corrected chi connectivity index (χ4v) is 2.29. The van der Waals surface area contributed by atoms with E-state index in [0.29, 0.717) is 11.6 Å². The maximum Gasteiger partial charge on any atom is 0.227 e. The van der Waals surface area contributed by atoms with Crippen LogP contribution in [0.4, 0.5) is 5.69 Å². The van der Waals surface area contributed by atoms with Gasteiger partial charge in [0.05, 0.1) is 5.69 Å². The maximum atomic E-state index is 8.91. The number of amidine groups is 1. The van der Waals surface area contributed by atoms with E-state index in [9.17, 15) is 0 Å². The molecule has 25 heavy (non-hydrogen) atoms. The number of benzene rings is 2. The Bertz CT molecular complexity index is 1040. The van der Waals surface area contributed by atoms with Gasteiger partial charge >= 0.3 is 0 Å². The minimum Gasteiger partial charge on any atom is -0.436 e. The Morgan fingerprint density at radius 3 is 2.80 bits per heavy atom. The smallest absolute Gasteiger partial charge is 0.227 e. The number of rotatable bonds is 4. The van der Waals surface area contributed by atoms with Crippen LogP contribution in [-0.4, -0.2) is 16.5 Å². The van der Waals surface area contributed by atoms with Crippen LogP contribution in [0.25, 0.3) is 22.6 Å². The lowest BCUT2D eigenvalue weighted by atomic mass is 10.1. The summed E-state index contributed by atoms with van der Waals surface area (Å²) in [7, 11) is 0. The molecule has 4 N–H and O–H groups in total. The first-order valence-electron chi connectivity index (χ1n) is 7.54. The third-order valence-electron chi connectivity index (χ3n) is 3.68. The summed E-state index contributed by atoms with van der Waals surface area (Å²) in [5.41, 5.74) is 12.9. The van der Waals surface area contributed by atoms with Crippen LogP contribution in [0.2, 0.25) is 0 Å². The molecule has 0 fully saturated rings. The Morgan fingerprint density at radius 2 is 2.08 bits per heavy atom. The lowest BCUT2D eigenvalue weighted by Crippen LogP contribution is -2.21. The number of nitrogens with one attached hydrogen (secondary N) is 2. The molecule has 2 aromatic carbocycles. The zero-order valence-electron chi connectivity index (χ0n) is 13.8. The van der Waals surface area contributed by atoms with Crippen molar-refractivity contribution < 1.29 is 4.42 Å². The van der Waals surface area contributed by atoms with Gasteiger partial charge < -0.3 is 10.2 Å². The predicted molar refractivity (Wildman–Crippen MR) is 97.5 cm³/mol. The predicted octanol–water partition coefficient (Wildman–Crippen LogP) is 3.34.